The number of methoxy groups -OCH3 is 1. The van der Waals surface area contributed by atoms with Crippen molar-refractivity contribution >= 4 is 17.7 Å². The van der Waals surface area contributed by atoms with Gasteiger partial charge in [0.1, 0.15) is 18.9 Å². The SMILES string of the molecule is COCCCN1CCN(c2ccc(C[C@H](NC(=O)OCC3c4ccccc4-c4ccccc43)C(=O)O)cc2)C(O)C1. The van der Waals surface area contributed by atoms with Crippen LogP contribution in [0.4, 0.5) is 10.5 Å². The second-order valence-electron chi connectivity index (χ2n) is 10.6. The van der Waals surface area contributed by atoms with E-state index >= 15 is 0 Å². The van der Waals surface area contributed by atoms with Crippen LogP contribution in [0.2, 0.25) is 0 Å². The molecule has 0 spiro atoms. The van der Waals surface area contributed by atoms with E-state index in [9.17, 15) is 19.8 Å². The van der Waals surface area contributed by atoms with Crippen molar-refractivity contribution in [1.82, 2.24) is 10.2 Å². The van der Waals surface area contributed by atoms with Crippen LogP contribution in [-0.2, 0) is 20.7 Å². The zero-order chi connectivity index (χ0) is 28.8. The lowest BCUT2D eigenvalue weighted by molar-refractivity contribution is -0.139. The number of nitrogens with one attached hydrogen (secondary N) is 1. The van der Waals surface area contributed by atoms with Gasteiger partial charge in [-0.25, -0.2) is 9.59 Å². The van der Waals surface area contributed by atoms with E-state index in [1.807, 2.05) is 65.6 Å². The van der Waals surface area contributed by atoms with Crippen molar-refractivity contribution in [2.75, 3.05) is 51.4 Å². The first kappa shape index (κ1) is 28.6. The molecule has 1 aliphatic carbocycles. The molecule has 1 aliphatic heterocycles. The summed E-state index contributed by atoms with van der Waals surface area (Å²) in [7, 11) is 1.69. The Bertz CT molecular complexity index is 1300. The Morgan fingerprint density at radius 2 is 1.63 bits per heavy atom. The maximum Gasteiger partial charge on any atom is 0.407 e. The van der Waals surface area contributed by atoms with Crippen molar-refractivity contribution in [3.05, 3.63) is 89.5 Å². The number of piperazine rings is 1. The summed E-state index contributed by atoms with van der Waals surface area (Å²) in [5.74, 6) is -1.24. The van der Waals surface area contributed by atoms with Crippen LogP contribution in [0, 0.1) is 0 Å². The third kappa shape index (κ3) is 6.70. The number of carboxylic acid groups (broad SMARTS) is 1. The van der Waals surface area contributed by atoms with Crippen LogP contribution < -0.4 is 10.2 Å². The Hall–Kier alpha value is -3.92. The Morgan fingerprint density at radius 3 is 2.24 bits per heavy atom. The van der Waals surface area contributed by atoms with Crippen molar-refractivity contribution in [2.24, 2.45) is 0 Å². The Balaban J connectivity index is 1.15. The molecule has 1 heterocycles. The van der Waals surface area contributed by atoms with Crippen molar-refractivity contribution < 1.29 is 29.3 Å². The molecule has 3 aromatic rings. The molecule has 41 heavy (non-hydrogen) atoms. The van der Waals surface area contributed by atoms with E-state index in [0.717, 1.165) is 53.0 Å². The number of amides is 1. The molecule has 9 heteroatoms. The predicted octanol–water partition coefficient (Wildman–Crippen LogP) is 3.70. The molecular formula is C32H37N3O6. The lowest BCUT2D eigenvalue weighted by Crippen LogP contribution is -2.53. The monoisotopic (exact) mass is 559 g/mol. The third-order valence-electron chi connectivity index (χ3n) is 7.90. The van der Waals surface area contributed by atoms with Gasteiger partial charge in [0.25, 0.3) is 0 Å². The normalized spacial score (nSPS) is 17.5. The molecule has 1 saturated heterocycles. The zero-order valence-corrected chi connectivity index (χ0v) is 23.2. The Kier molecular flexibility index (Phi) is 9.18. The van der Waals surface area contributed by atoms with Gasteiger partial charge in [-0.2, -0.15) is 0 Å². The maximum absolute atomic E-state index is 12.7. The molecule has 1 amide bonds. The number of hydrogen-bond acceptors (Lipinski definition) is 7. The van der Waals surface area contributed by atoms with Gasteiger partial charge in [0.15, 0.2) is 0 Å². The summed E-state index contributed by atoms with van der Waals surface area (Å²) in [5, 5.41) is 23.0. The molecule has 3 aromatic carbocycles. The summed E-state index contributed by atoms with van der Waals surface area (Å²) >= 11 is 0. The van der Waals surface area contributed by atoms with Crippen LogP contribution in [0.3, 0.4) is 0 Å². The fraction of sp³-hybridized carbons (Fsp3) is 0.375. The summed E-state index contributed by atoms with van der Waals surface area (Å²) in [6.07, 6.45) is -0.357. The largest absolute Gasteiger partial charge is 0.480 e. The fourth-order valence-corrected chi connectivity index (χ4v) is 5.80. The van der Waals surface area contributed by atoms with Crippen molar-refractivity contribution in [3.8, 4) is 11.1 Å². The highest BCUT2D eigenvalue weighted by Gasteiger charge is 2.30. The number of alkyl carbamates (subject to hydrolysis) is 1. The molecule has 0 aromatic heterocycles. The van der Waals surface area contributed by atoms with Crippen LogP contribution in [-0.4, -0.2) is 85.9 Å². The molecule has 2 atom stereocenters. The van der Waals surface area contributed by atoms with Crippen molar-refractivity contribution in [3.63, 3.8) is 0 Å². The molecule has 0 saturated carbocycles. The van der Waals surface area contributed by atoms with E-state index in [2.05, 4.69) is 22.3 Å². The van der Waals surface area contributed by atoms with Gasteiger partial charge >= 0.3 is 12.1 Å². The summed E-state index contributed by atoms with van der Waals surface area (Å²) in [6.45, 7) is 3.78. The first-order chi connectivity index (χ1) is 19.9. The standard InChI is InChI=1S/C32H37N3O6/c1-40-18-6-15-34-16-17-35(30(36)20-34)23-13-11-22(12-14-23)19-29(31(37)38)33-32(39)41-21-28-26-9-4-2-7-24(26)25-8-3-5-10-27(25)28/h2-5,7-14,28-30,36H,6,15-21H2,1H3,(H,33,39)(H,37,38)/t29-,30?/m0/s1. The molecule has 5 rings (SSSR count). The average molecular weight is 560 g/mol. The quantitative estimate of drug-likeness (QED) is 0.305. The molecule has 0 bridgehead atoms. The number of hydrogen-bond donors (Lipinski definition) is 3. The number of carboxylic acids is 1. The minimum absolute atomic E-state index is 0.105. The van der Waals surface area contributed by atoms with E-state index in [1.54, 1.807) is 7.11 Å². The summed E-state index contributed by atoms with van der Waals surface area (Å²) < 4.78 is 10.7. The highest BCUT2D eigenvalue weighted by molar-refractivity contribution is 5.81. The van der Waals surface area contributed by atoms with Gasteiger partial charge in [-0.1, -0.05) is 60.7 Å². The second-order valence-corrected chi connectivity index (χ2v) is 10.6. The second kappa shape index (κ2) is 13.2. The molecule has 0 radical (unpaired) electrons. The number of carbonyl (C=O) groups excluding carboxylic acids is 1. The number of β-amino-alcohol motifs (C(OH)–C–C–N with tert-alkyl or cyclic N) is 1. The fourth-order valence-electron chi connectivity index (χ4n) is 5.80. The maximum atomic E-state index is 12.7. The van der Waals surface area contributed by atoms with Crippen molar-refractivity contribution in [2.45, 2.75) is 31.0 Å². The van der Waals surface area contributed by atoms with Crippen molar-refractivity contribution in [1.29, 1.82) is 0 Å². The van der Waals surface area contributed by atoms with E-state index < -0.39 is 24.3 Å². The smallest absolute Gasteiger partial charge is 0.407 e. The van der Waals surface area contributed by atoms with E-state index in [1.165, 1.54) is 0 Å². The number of fused-ring (bicyclic) bond motifs is 3. The molecule has 2 aliphatic rings. The van der Waals surface area contributed by atoms with Gasteiger partial charge in [-0.15, -0.1) is 0 Å². The molecule has 216 valence electrons. The number of ether oxygens (including phenoxy) is 2. The van der Waals surface area contributed by atoms with E-state index in [4.69, 9.17) is 9.47 Å². The number of benzene rings is 3. The number of aliphatic hydroxyl groups is 1. The van der Waals surface area contributed by atoms with Gasteiger partial charge in [-0.05, 0) is 46.4 Å². The minimum Gasteiger partial charge on any atom is -0.480 e. The number of aliphatic hydroxyl groups excluding tert-OH is 1. The van der Waals surface area contributed by atoms with Gasteiger partial charge < -0.3 is 29.9 Å². The third-order valence-corrected chi connectivity index (χ3v) is 7.90. The van der Waals surface area contributed by atoms with Gasteiger partial charge in [0.05, 0.1) is 0 Å². The lowest BCUT2D eigenvalue weighted by atomic mass is 9.98. The molecule has 1 fully saturated rings. The highest BCUT2D eigenvalue weighted by atomic mass is 16.5. The van der Waals surface area contributed by atoms with Crippen LogP contribution in [0.25, 0.3) is 11.1 Å². The van der Waals surface area contributed by atoms with E-state index in [-0.39, 0.29) is 18.9 Å². The molecule has 9 nitrogen and oxygen atoms in total. The number of carbonyl (C=O) groups is 2. The van der Waals surface area contributed by atoms with E-state index in [0.29, 0.717) is 19.7 Å². The van der Waals surface area contributed by atoms with Crippen LogP contribution in [0.15, 0.2) is 72.8 Å². The Morgan fingerprint density at radius 1 is 0.976 bits per heavy atom. The molecule has 3 N–H and O–H groups in total. The van der Waals surface area contributed by atoms with Gasteiger partial charge in [0, 0.05) is 57.9 Å². The van der Waals surface area contributed by atoms with Gasteiger partial charge in [-0.3, -0.25) is 4.90 Å². The topological polar surface area (TPSA) is 112 Å². The summed E-state index contributed by atoms with van der Waals surface area (Å²) in [5.41, 5.74) is 6.06. The van der Waals surface area contributed by atoms with Crippen LogP contribution in [0.5, 0.6) is 0 Å². The van der Waals surface area contributed by atoms with Crippen LogP contribution >= 0.6 is 0 Å². The zero-order valence-electron chi connectivity index (χ0n) is 23.2. The highest BCUT2D eigenvalue weighted by Crippen LogP contribution is 2.44. The number of aliphatic carboxylic acids is 1. The number of rotatable bonds is 11. The first-order valence-corrected chi connectivity index (χ1v) is 14.0. The molecular weight excluding hydrogens is 522 g/mol. The number of anilines is 1. The summed E-state index contributed by atoms with van der Waals surface area (Å²) in [4.78, 5) is 28.8. The average Bonchev–Trinajstić information content (AvgIpc) is 3.30. The van der Waals surface area contributed by atoms with Gasteiger partial charge in [0.2, 0.25) is 0 Å². The predicted molar refractivity (Wildman–Crippen MR) is 156 cm³/mol. The number of nitrogens with zero attached hydrogens (tertiary/aromatic N) is 2. The first-order valence-electron chi connectivity index (χ1n) is 14.0. The Labute approximate surface area is 240 Å². The van der Waals surface area contributed by atoms with Crippen LogP contribution in [0.1, 0.15) is 29.0 Å². The molecule has 1 unspecified atom stereocenters. The minimum atomic E-state index is -1.14. The lowest BCUT2D eigenvalue weighted by Gasteiger charge is -2.40. The summed E-state index contributed by atoms with van der Waals surface area (Å²) in [6, 6.07) is 22.4.